The summed E-state index contributed by atoms with van der Waals surface area (Å²) in [6.45, 7) is 0. The molecule has 8 heteroatoms. The minimum absolute atomic E-state index is 0.0907. The Kier molecular flexibility index (Phi) is 3.68. The van der Waals surface area contributed by atoms with Crippen LogP contribution in [0.5, 0.6) is 0 Å². The standard InChI is InChI=1S/C16H17N5O2S/c17-13(22)11-12-15(20-14(18-11)9-5-2-1-3-6-9)21(16(23)19-12)10-7-4-8-24-10/h4,7-9H,1-3,5-6H2,(H2,17,22)(H,19,23). The van der Waals surface area contributed by atoms with Gasteiger partial charge in [0.1, 0.15) is 16.3 Å². The SMILES string of the molecule is NC(=O)c1nc(C2CCCCC2)nc2c1[nH]c(=O)n2-c1cccs1. The molecule has 3 heterocycles. The number of rotatable bonds is 3. The topological polar surface area (TPSA) is 107 Å². The van der Waals surface area contributed by atoms with Gasteiger partial charge in [-0.15, -0.1) is 11.3 Å². The second kappa shape index (κ2) is 5.86. The Morgan fingerprint density at radius 3 is 2.75 bits per heavy atom. The van der Waals surface area contributed by atoms with Gasteiger partial charge in [-0.3, -0.25) is 4.79 Å². The lowest BCUT2D eigenvalue weighted by molar-refractivity contribution is 0.0996. The number of primary amides is 1. The molecule has 1 amide bonds. The van der Waals surface area contributed by atoms with Crippen LogP contribution in [0.25, 0.3) is 16.2 Å². The molecule has 1 aliphatic rings. The minimum Gasteiger partial charge on any atom is -0.364 e. The van der Waals surface area contributed by atoms with E-state index in [0.717, 1.165) is 30.7 Å². The van der Waals surface area contributed by atoms with Crippen LogP contribution in [0.4, 0.5) is 0 Å². The van der Waals surface area contributed by atoms with Gasteiger partial charge >= 0.3 is 5.69 Å². The Bertz CT molecular complexity index is 951. The predicted molar refractivity (Wildman–Crippen MR) is 91.7 cm³/mol. The Morgan fingerprint density at radius 1 is 1.29 bits per heavy atom. The van der Waals surface area contributed by atoms with Gasteiger partial charge in [0, 0.05) is 5.92 Å². The lowest BCUT2D eigenvalue weighted by Crippen LogP contribution is -2.18. The van der Waals surface area contributed by atoms with Crippen molar-refractivity contribution in [3.05, 3.63) is 39.5 Å². The molecule has 24 heavy (non-hydrogen) atoms. The molecule has 0 bridgehead atoms. The summed E-state index contributed by atoms with van der Waals surface area (Å²) in [6.07, 6.45) is 5.46. The summed E-state index contributed by atoms with van der Waals surface area (Å²) in [5, 5.41) is 2.63. The molecule has 1 aliphatic carbocycles. The van der Waals surface area contributed by atoms with Gasteiger partial charge in [0.15, 0.2) is 11.3 Å². The first-order valence-corrected chi connectivity index (χ1v) is 8.89. The van der Waals surface area contributed by atoms with Crippen molar-refractivity contribution in [3.8, 4) is 5.00 Å². The molecule has 124 valence electrons. The Balaban J connectivity index is 1.98. The van der Waals surface area contributed by atoms with Crippen molar-refractivity contribution in [2.24, 2.45) is 5.73 Å². The highest BCUT2D eigenvalue weighted by Crippen LogP contribution is 2.32. The van der Waals surface area contributed by atoms with Crippen molar-refractivity contribution in [2.75, 3.05) is 0 Å². The molecule has 3 N–H and O–H groups in total. The van der Waals surface area contributed by atoms with Crippen LogP contribution in [-0.2, 0) is 0 Å². The molecule has 1 saturated carbocycles. The van der Waals surface area contributed by atoms with Crippen molar-refractivity contribution >= 4 is 28.4 Å². The van der Waals surface area contributed by atoms with Crippen molar-refractivity contribution < 1.29 is 4.79 Å². The average Bonchev–Trinajstić information content (AvgIpc) is 3.21. The highest BCUT2D eigenvalue weighted by molar-refractivity contribution is 7.12. The number of aromatic amines is 1. The Labute approximate surface area is 141 Å². The van der Waals surface area contributed by atoms with Crippen LogP contribution < -0.4 is 11.4 Å². The normalized spacial score (nSPS) is 15.8. The minimum atomic E-state index is -0.654. The van der Waals surface area contributed by atoms with Gasteiger partial charge in [0.2, 0.25) is 0 Å². The van der Waals surface area contributed by atoms with E-state index in [2.05, 4.69) is 15.0 Å². The summed E-state index contributed by atoms with van der Waals surface area (Å²) < 4.78 is 1.49. The first kappa shape index (κ1) is 15.1. The highest BCUT2D eigenvalue weighted by Gasteiger charge is 2.24. The zero-order valence-corrected chi connectivity index (χ0v) is 13.8. The molecule has 3 aromatic heterocycles. The summed E-state index contributed by atoms with van der Waals surface area (Å²) in [5.41, 5.74) is 5.98. The zero-order chi connectivity index (χ0) is 16.7. The lowest BCUT2D eigenvalue weighted by Gasteiger charge is -2.20. The number of fused-ring (bicyclic) bond motifs is 1. The van der Waals surface area contributed by atoms with Crippen molar-refractivity contribution in [3.63, 3.8) is 0 Å². The second-order valence-corrected chi connectivity index (χ2v) is 6.97. The number of amides is 1. The van der Waals surface area contributed by atoms with E-state index in [9.17, 15) is 9.59 Å². The van der Waals surface area contributed by atoms with E-state index in [0.29, 0.717) is 17.0 Å². The summed E-state index contributed by atoms with van der Waals surface area (Å²) in [6, 6.07) is 3.70. The number of H-pyrrole nitrogens is 1. The van der Waals surface area contributed by atoms with E-state index in [1.807, 2.05) is 17.5 Å². The van der Waals surface area contributed by atoms with E-state index < -0.39 is 5.91 Å². The first-order chi connectivity index (χ1) is 11.6. The predicted octanol–water partition coefficient (Wildman–Crippen LogP) is 2.32. The molecular formula is C16H17N5O2S. The van der Waals surface area contributed by atoms with Gasteiger partial charge in [-0.1, -0.05) is 19.3 Å². The molecular weight excluding hydrogens is 326 g/mol. The van der Waals surface area contributed by atoms with Crippen LogP contribution in [0, 0.1) is 0 Å². The fourth-order valence-corrected chi connectivity index (χ4v) is 4.05. The maximum atomic E-state index is 12.4. The monoisotopic (exact) mass is 343 g/mol. The van der Waals surface area contributed by atoms with Crippen molar-refractivity contribution in [1.82, 2.24) is 19.5 Å². The molecule has 3 aromatic rings. The van der Waals surface area contributed by atoms with E-state index in [1.54, 1.807) is 0 Å². The van der Waals surface area contributed by atoms with Gasteiger partial charge in [-0.2, -0.15) is 0 Å². The molecule has 0 aliphatic heterocycles. The zero-order valence-electron chi connectivity index (χ0n) is 13.0. The number of hydrogen-bond acceptors (Lipinski definition) is 5. The number of carbonyl (C=O) groups is 1. The molecule has 0 aromatic carbocycles. The maximum absolute atomic E-state index is 12.4. The number of imidazole rings is 1. The summed E-state index contributed by atoms with van der Waals surface area (Å²) in [4.78, 5) is 36.0. The van der Waals surface area contributed by atoms with Crippen LogP contribution in [0.15, 0.2) is 22.3 Å². The van der Waals surface area contributed by atoms with Gasteiger partial charge in [-0.05, 0) is 30.4 Å². The molecule has 4 rings (SSSR count). The number of nitrogens with one attached hydrogen (secondary N) is 1. The third kappa shape index (κ3) is 2.43. The summed E-state index contributed by atoms with van der Waals surface area (Å²) in [7, 11) is 0. The Hall–Kier alpha value is -2.48. The first-order valence-electron chi connectivity index (χ1n) is 8.01. The van der Waals surface area contributed by atoms with Gasteiger partial charge in [0.25, 0.3) is 5.91 Å². The third-order valence-corrected chi connectivity index (χ3v) is 5.34. The third-order valence-electron chi connectivity index (χ3n) is 4.48. The number of thiophene rings is 1. The lowest BCUT2D eigenvalue weighted by atomic mass is 9.88. The van der Waals surface area contributed by atoms with Gasteiger partial charge in [0.05, 0.1) is 0 Å². The van der Waals surface area contributed by atoms with E-state index in [-0.39, 0.29) is 17.3 Å². The van der Waals surface area contributed by atoms with Gasteiger partial charge < -0.3 is 10.7 Å². The number of aromatic nitrogens is 4. The molecule has 0 radical (unpaired) electrons. The smallest absolute Gasteiger partial charge is 0.333 e. The maximum Gasteiger partial charge on any atom is 0.333 e. The second-order valence-electron chi connectivity index (χ2n) is 6.05. The molecule has 0 atom stereocenters. The fraction of sp³-hybridized carbons (Fsp3) is 0.375. The number of nitrogens with zero attached hydrogens (tertiary/aromatic N) is 3. The highest BCUT2D eigenvalue weighted by atomic mass is 32.1. The van der Waals surface area contributed by atoms with E-state index in [4.69, 9.17) is 5.73 Å². The van der Waals surface area contributed by atoms with E-state index in [1.165, 1.54) is 22.3 Å². The quantitative estimate of drug-likeness (QED) is 0.761. The van der Waals surface area contributed by atoms with Crippen LogP contribution in [0.3, 0.4) is 0 Å². The van der Waals surface area contributed by atoms with Crippen LogP contribution >= 0.6 is 11.3 Å². The largest absolute Gasteiger partial charge is 0.364 e. The molecule has 1 fully saturated rings. The van der Waals surface area contributed by atoms with Crippen LogP contribution in [0.2, 0.25) is 0 Å². The molecule has 0 saturated heterocycles. The Morgan fingerprint density at radius 2 is 2.08 bits per heavy atom. The number of nitrogens with two attached hydrogens (primary N) is 1. The van der Waals surface area contributed by atoms with E-state index >= 15 is 0 Å². The summed E-state index contributed by atoms with van der Waals surface area (Å²) in [5.74, 6) is 0.169. The van der Waals surface area contributed by atoms with Crippen molar-refractivity contribution in [2.45, 2.75) is 38.0 Å². The van der Waals surface area contributed by atoms with Crippen molar-refractivity contribution in [1.29, 1.82) is 0 Å². The summed E-state index contributed by atoms with van der Waals surface area (Å²) >= 11 is 1.43. The fourth-order valence-electron chi connectivity index (χ4n) is 3.32. The molecule has 7 nitrogen and oxygen atoms in total. The molecule has 0 unspecified atom stereocenters. The van der Waals surface area contributed by atoms with Gasteiger partial charge in [-0.25, -0.2) is 19.3 Å². The van der Waals surface area contributed by atoms with Crippen LogP contribution in [0.1, 0.15) is 54.3 Å². The molecule has 0 spiro atoms. The number of carbonyl (C=O) groups excluding carboxylic acids is 1. The average molecular weight is 343 g/mol. The number of hydrogen-bond donors (Lipinski definition) is 2. The van der Waals surface area contributed by atoms with Crippen LogP contribution in [-0.4, -0.2) is 25.4 Å².